The summed E-state index contributed by atoms with van der Waals surface area (Å²) in [6, 6.07) is 3.60. The zero-order chi connectivity index (χ0) is 13.7. The van der Waals surface area contributed by atoms with Crippen LogP contribution < -0.4 is 5.32 Å². The second-order valence-electron chi connectivity index (χ2n) is 5.53. The first-order chi connectivity index (χ1) is 9.19. The fourth-order valence-electron chi connectivity index (χ4n) is 2.71. The molecule has 0 aromatic carbocycles. The first kappa shape index (κ1) is 14.3. The van der Waals surface area contributed by atoms with Crippen molar-refractivity contribution in [1.29, 1.82) is 0 Å². The topological polar surface area (TPSA) is 48.4 Å². The Morgan fingerprint density at radius 2 is 2.11 bits per heavy atom. The molecule has 0 amide bonds. The van der Waals surface area contributed by atoms with E-state index in [-0.39, 0.29) is 0 Å². The first-order valence-corrected chi connectivity index (χ1v) is 7.21. The van der Waals surface area contributed by atoms with E-state index in [9.17, 15) is 5.11 Å². The Morgan fingerprint density at radius 3 is 2.79 bits per heavy atom. The van der Waals surface area contributed by atoms with Gasteiger partial charge in [0.05, 0.1) is 5.69 Å². The highest BCUT2D eigenvalue weighted by molar-refractivity contribution is 5.27. The normalized spacial score (nSPS) is 17.8. The van der Waals surface area contributed by atoms with Crippen LogP contribution in [0.5, 0.6) is 5.75 Å². The fourth-order valence-corrected chi connectivity index (χ4v) is 2.71. The zero-order valence-corrected chi connectivity index (χ0v) is 12.0. The lowest BCUT2D eigenvalue weighted by atomic mass is 9.93. The Morgan fingerprint density at radius 1 is 1.37 bits per heavy atom. The molecule has 0 radical (unpaired) electrons. The van der Waals surface area contributed by atoms with Crippen LogP contribution in [0, 0.1) is 12.8 Å². The minimum absolute atomic E-state index is 0.322. The number of nitrogens with one attached hydrogen (secondary N) is 1. The van der Waals surface area contributed by atoms with Crippen molar-refractivity contribution in [2.75, 3.05) is 26.7 Å². The number of hydrogen-bond acceptors (Lipinski definition) is 4. The maximum absolute atomic E-state index is 9.84. The van der Waals surface area contributed by atoms with Gasteiger partial charge in [-0.2, -0.15) is 0 Å². The second kappa shape index (κ2) is 6.87. The summed E-state index contributed by atoms with van der Waals surface area (Å²) in [5.41, 5.74) is 1.78. The van der Waals surface area contributed by atoms with Crippen LogP contribution in [0.1, 0.15) is 30.7 Å². The summed E-state index contributed by atoms with van der Waals surface area (Å²) in [5.74, 6) is 1.17. The van der Waals surface area contributed by atoms with Crippen LogP contribution in [0.2, 0.25) is 0 Å². The molecule has 4 nitrogen and oxygen atoms in total. The highest BCUT2D eigenvalue weighted by atomic mass is 16.3. The smallest absolute Gasteiger partial charge is 0.138 e. The molecule has 1 aliphatic rings. The molecule has 2 rings (SSSR count). The first-order valence-electron chi connectivity index (χ1n) is 7.21. The average Bonchev–Trinajstić information content (AvgIpc) is 2.42. The standard InChI is InChI=1S/C15H25N3O/c1-12-3-4-15(19)14(17-12)11-18-9-6-13(7-10-18)5-8-16-2/h3-4,13,16,19H,5-11H2,1-2H3. The van der Waals surface area contributed by atoms with Crippen molar-refractivity contribution in [3.8, 4) is 5.75 Å². The van der Waals surface area contributed by atoms with Gasteiger partial charge < -0.3 is 10.4 Å². The monoisotopic (exact) mass is 263 g/mol. The van der Waals surface area contributed by atoms with E-state index in [2.05, 4.69) is 15.2 Å². The van der Waals surface area contributed by atoms with Gasteiger partial charge in [0.1, 0.15) is 5.75 Å². The minimum Gasteiger partial charge on any atom is -0.506 e. The van der Waals surface area contributed by atoms with Crippen molar-refractivity contribution in [3.63, 3.8) is 0 Å². The molecule has 0 unspecified atom stereocenters. The number of likely N-dealkylation sites (tertiary alicyclic amines) is 1. The summed E-state index contributed by atoms with van der Waals surface area (Å²) in [6.45, 7) is 6.08. The molecule has 1 fully saturated rings. The molecular weight excluding hydrogens is 238 g/mol. The molecule has 2 N–H and O–H groups in total. The molecule has 0 aliphatic carbocycles. The number of aromatic hydroxyl groups is 1. The predicted molar refractivity (Wildman–Crippen MR) is 77.2 cm³/mol. The van der Waals surface area contributed by atoms with Gasteiger partial charge in [-0.1, -0.05) is 0 Å². The number of rotatable bonds is 5. The molecule has 0 saturated carbocycles. The van der Waals surface area contributed by atoms with Crippen LogP contribution in [0.25, 0.3) is 0 Å². The highest BCUT2D eigenvalue weighted by Crippen LogP contribution is 2.23. The Kier molecular flexibility index (Phi) is 5.16. The molecule has 4 heteroatoms. The molecular formula is C15H25N3O. The van der Waals surface area contributed by atoms with Crippen molar-refractivity contribution < 1.29 is 5.11 Å². The van der Waals surface area contributed by atoms with E-state index >= 15 is 0 Å². The summed E-state index contributed by atoms with van der Waals surface area (Å²) >= 11 is 0. The van der Waals surface area contributed by atoms with Crippen molar-refractivity contribution in [2.24, 2.45) is 5.92 Å². The molecule has 1 saturated heterocycles. The molecule has 0 bridgehead atoms. The third-order valence-corrected chi connectivity index (χ3v) is 3.97. The number of nitrogens with zero attached hydrogens (tertiary/aromatic N) is 2. The Labute approximate surface area is 115 Å². The van der Waals surface area contributed by atoms with Gasteiger partial charge in [0.15, 0.2) is 0 Å². The van der Waals surface area contributed by atoms with Crippen LogP contribution in [-0.2, 0) is 6.54 Å². The van der Waals surface area contributed by atoms with Gasteiger partial charge in [0.2, 0.25) is 0 Å². The van der Waals surface area contributed by atoms with Crippen molar-refractivity contribution in [2.45, 2.75) is 32.7 Å². The third kappa shape index (κ3) is 4.18. The van der Waals surface area contributed by atoms with E-state index in [1.54, 1.807) is 6.07 Å². The van der Waals surface area contributed by atoms with Crippen LogP contribution in [0.15, 0.2) is 12.1 Å². The molecule has 1 aromatic rings. The predicted octanol–water partition coefficient (Wildman–Crippen LogP) is 1.92. The molecule has 1 aromatic heterocycles. The summed E-state index contributed by atoms with van der Waals surface area (Å²) in [7, 11) is 2.02. The SMILES string of the molecule is CNCCC1CCN(Cc2nc(C)ccc2O)CC1. The van der Waals surface area contributed by atoms with Gasteiger partial charge >= 0.3 is 0 Å². The van der Waals surface area contributed by atoms with Crippen LogP contribution in [0.3, 0.4) is 0 Å². The molecule has 0 atom stereocenters. The van der Waals surface area contributed by atoms with Crippen LogP contribution >= 0.6 is 0 Å². The van der Waals surface area contributed by atoms with Crippen molar-refractivity contribution in [1.82, 2.24) is 15.2 Å². The molecule has 0 spiro atoms. The largest absolute Gasteiger partial charge is 0.506 e. The Balaban J connectivity index is 1.83. The minimum atomic E-state index is 0.322. The van der Waals surface area contributed by atoms with E-state index in [1.165, 1.54) is 19.3 Å². The van der Waals surface area contributed by atoms with Crippen LogP contribution in [-0.4, -0.2) is 41.7 Å². The number of pyridine rings is 1. The van der Waals surface area contributed by atoms with Crippen LogP contribution in [0.4, 0.5) is 0 Å². The average molecular weight is 263 g/mol. The quantitative estimate of drug-likeness (QED) is 0.852. The van der Waals surface area contributed by atoms with Gasteiger partial charge in [0, 0.05) is 12.2 Å². The Hall–Kier alpha value is -1.13. The third-order valence-electron chi connectivity index (χ3n) is 3.97. The number of aryl methyl sites for hydroxylation is 1. The zero-order valence-electron chi connectivity index (χ0n) is 12.0. The molecule has 1 aliphatic heterocycles. The van der Waals surface area contributed by atoms with E-state index in [0.717, 1.165) is 43.5 Å². The maximum Gasteiger partial charge on any atom is 0.138 e. The Bertz CT molecular complexity index is 400. The molecule has 106 valence electrons. The lowest BCUT2D eigenvalue weighted by Crippen LogP contribution is -2.34. The van der Waals surface area contributed by atoms with E-state index in [1.807, 2.05) is 20.0 Å². The summed E-state index contributed by atoms with van der Waals surface area (Å²) in [5, 5.41) is 13.1. The van der Waals surface area contributed by atoms with E-state index < -0.39 is 0 Å². The van der Waals surface area contributed by atoms with Gasteiger partial charge in [0.25, 0.3) is 0 Å². The van der Waals surface area contributed by atoms with Gasteiger partial charge in [-0.15, -0.1) is 0 Å². The van der Waals surface area contributed by atoms with E-state index in [0.29, 0.717) is 5.75 Å². The van der Waals surface area contributed by atoms with Gasteiger partial charge in [-0.25, -0.2) is 0 Å². The van der Waals surface area contributed by atoms with Crippen molar-refractivity contribution in [3.05, 3.63) is 23.5 Å². The van der Waals surface area contributed by atoms with Crippen molar-refractivity contribution >= 4 is 0 Å². The number of aromatic nitrogens is 1. The summed E-state index contributed by atoms with van der Waals surface area (Å²) in [6.07, 6.45) is 3.79. The van der Waals surface area contributed by atoms with Gasteiger partial charge in [-0.3, -0.25) is 9.88 Å². The number of piperidine rings is 1. The fraction of sp³-hybridized carbons (Fsp3) is 0.667. The number of hydrogen-bond donors (Lipinski definition) is 2. The molecule has 2 heterocycles. The second-order valence-corrected chi connectivity index (χ2v) is 5.53. The summed E-state index contributed by atoms with van der Waals surface area (Å²) in [4.78, 5) is 6.83. The van der Waals surface area contributed by atoms with E-state index in [4.69, 9.17) is 0 Å². The highest BCUT2D eigenvalue weighted by Gasteiger charge is 2.20. The van der Waals surface area contributed by atoms with Gasteiger partial charge in [-0.05, 0) is 70.9 Å². The lowest BCUT2D eigenvalue weighted by molar-refractivity contribution is 0.169. The summed E-state index contributed by atoms with van der Waals surface area (Å²) < 4.78 is 0. The lowest BCUT2D eigenvalue weighted by Gasteiger charge is -2.31. The molecule has 19 heavy (non-hydrogen) atoms. The maximum atomic E-state index is 9.84.